The Hall–Kier alpha value is -0.993. The van der Waals surface area contributed by atoms with Crippen molar-refractivity contribution in [2.75, 3.05) is 0 Å². The summed E-state index contributed by atoms with van der Waals surface area (Å²) in [6.45, 7) is 16.6. The minimum absolute atomic E-state index is 0.600. The molecule has 30 heavy (non-hydrogen) atoms. The zero-order valence-corrected chi connectivity index (χ0v) is 24.6. The van der Waals surface area contributed by atoms with E-state index < -0.39 is 20.1 Å². The Morgan fingerprint density at radius 2 is 1.13 bits per heavy atom. The van der Waals surface area contributed by atoms with E-state index in [0.717, 1.165) is 7.35 Å². The monoisotopic (exact) mass is 580 g/mol. The Balaban J connectivity index is 1.92. The Bertz CT molecular complexity index is 1020. The van der Waals surface area contributed by atoms with E-state index in [9.17, 15) is 0 Å². The van der Waals surface area contributed by atoms with Crippen LogP contribution in [0.4, 0.5) is 0 Å². The number of unbranched alkanes of at least 4 members (excludes halogenated alkanes) is 1. The van der Waals surface area contributed by atoms with Gasteiger partial charge in [0.15, 0.2) is 0 Å². The molecule has 0 saturated heterocycles. The summed E-state index contributed by atoms with van der Waals surface area (Å²) in [6.07, 6.45) is 8.49. The molecule has 2 atom stereocenters. The molecule has 0 saturated carbocycles. The average Bonchev–Trinajstić information content (AvgIpc) is 3.24. The second-order valence-electron chi connectivity index (χ2n) is 9.54. The van der Waals surface area contributed by atoms with Gasteiger partial charge in [0.05, 0.1) is 0 Å². The van der Waals surface area contributed by atoms with Crippen LogP contribution in [0.25, 0.3) is 12.2 Å². The Kier molecular flexibility index (Phi) is 6.56. The van der Waals surface area contributed by atoms with Crippen LogP contribution in [0.15, 0.2) is 35.4 Å². The molecule has 2 heteroatoms. The van der Waals surface area contributed by atoms with E-state index in [1.165, 1.54) is 41.1 Å². The normalized spacial score (nSPS) is 19.3. The Labute approximate surface area is 192 Å². The Morgan fingerprint density at radius 3 is 1.57 bits per heavy atom. The topological polar surface area (TPSA) is 0 Å². The van der Waals surface area contributed by atoms with Crippen LogP contribution < -0.4 is 0 Å². The number of allylic oxidation sites excluding steroid dienone is 2. The van der Waals surface area contributed by atoms with Gasteiger partial charge in [0.2, 0.25) is 0 Å². The number of hydrogen-bond acceptors (Lipinski definition) is 0. The zero-order chi connectivity index (χ0) is 21.6. The fourth-order valence-corrected chi connectivity index (χ4v) is 35.7. The number of aryl methyl sites for hydroxylation is 4. The molecular formula is C28H36HfSi. The molecule has 2 aromatic carbocycles. The molecule has 0 spiro atoms. The molecule has 0 nitrogen and oxygen atoms in total. The first-order valence-corrected chi connectivity index (χ1v) is 23.4. The zero-order valence-electron chi connectivity index (χ0n) is 19.8. The van der Waals surface area contributed by atoms with Crippen LogP contribution in [0.1, 0.15) is 85.5 Å². The van der Waals surface area contributed by atoms with Crippen molar-refractivity contribution in [2.45, 2.75) is 74.7 Å². The fraction of sp³-hybridized carbons (Fsp3) is 0.429. The van der Waals surface area contributed by atoms with Gasteiger partial charge in [-0.25, -0.2) is 0 Å². The van der Waals surface area contributed by atoms with Gasteiger partial charge in [-0.3, -0.25) is 0 Å². The van der Waals surface area contributed by atoms with Crippen LogP contribution in [0, 0.1) is 27.7 Å². The number of hydrogen-bond donors (Lipinski definition) is 0. The van der Waals surface area contributed by atoms with Crippen LogP contribution in [-0.2, 0) is 20.1 Å². The SMILES string of the molecule is CCCC[SiH]=[Hf]([CH]1C(C)=Cc2c(C)ccc(C)c21)[CH]1C(C)=Cc2c(C)ccc(C)c21. The summed E-state index contributed by atoms with van der Waals surface area (Å²) in [5.74, 6) is 0. The molecule has 0 aromatic heterocycles. The first-order chi connectivity index (χ1) is 14.3. The molecule has 0 amide bonds. The third-order valence-corrected chi connectivity index (χ3v) is 32.2. The molecule has 0 bridgehead atoms. The van der Waals surface area contributed by atoms with Crippen molar-refractivity contribution in [2.24, 2.45) is 0 Å². The second kappa shape index (κ2) is 8.86. The number of rotatable bonds is 5. The van der Waals surface area contributed by atoms with E-state index in [0.29, 0.717) is 6.22 Å². The minimum atomic E-state index is -2.08. The van der Waals surface area contributed by atoms with Gasteiger partial charge in [0.25, 0.3) is 0 Å². The maximum absolute atomic E-state index is 2.56. The summed E-state index contributed by atoms with van der Waals surface area (Å²) in [5.41, 5.74) is 16.0. The van der Waals surface area contributed by atoms with Crippen LogP contribution in [-0.4, -0.2) is 6.22 Å². The molecule has 0 heterocycles. The second-order valence-corrected chi connectivity index (χ2v) is 28.1. The van der Waals surface area contributed by atoms with E-state index in [-0.39, 0.29) is 0 Å². The molecule has 2 aliphatic carbocycles. The van der Waals surface area contributed by atoms with Crippen LogP contribution in [0.3, 0.4) is 0 Å². The molecule has 0 aliphatic heterocycles. The molecular weight excluding hydrogens is 543 g/mol. The van der Waals surface area contributed by atoms with Gasteiger partial charge in [0.1, 0.15) is 0 Å². The van der Waals surface area contributed by atoms with Gasteiger partial charge in [-0.15, -0.1) is 0 Å². The summed E-state index contributed by atoms with van der Waals surface area (Å²) >= 11 is -2.08. The van der Waals surface area contributed by atoms with Crippen molar-refractivity contribution in [3.8, 4) is 0 Å². The summed E-state index contributed by atoms with van der Waals surface area (Å²) in [4.78, 5) is 0. The van der Waals surface area contributed by atoms with Gasteiger partial charge < -0.3 is 0 Å². The first kappa shape index (κ1) is 22.2. The van der Waals surface area contributed by atoms with E-state index in [1.54, 1.807) is 33.4 Å². The van der Waals surface area contributed by atoms with Gasteiger partial charge in [-0.05, 0) is 0 Å². The summed E-state index contributed by atoms with van der Waals surface area (Å²) in [7, 11) is 0. The molecule has 2 unspecified atom stereocenters. The molecule has 2 aliphatic rings. The van der Waals surface area contributed by atoms with Crippen molar-refractivity contribution in [3.05, 3.63) is 79.9 Å². The van der Waals surface area contributed by atoms with Gasteiger partial charge >= 0.3 is 193 Å². The molecule has 0 N–H and O–H groups in total. The van der Waals surface area contributed by atoms with Crippen molar-refractivity contribution < 1.29 is 20.1 Å². The predicted molar refractivity (Wildman–Crippen MR) is 131 cm³/mol. The van der Waals surface area contributed by atoms with Crippen LogP contribution in [0.2, 0.25) is 6.04 Å². The molecule has 156 valence electrons. The van der Waals surface area contributed by atoms with Gasteiger partial charge in [-0.1, -0.05) is 0 Å². The van der Waals surface area contributed by atoms with E-state index in [4.69, 9.17) is 0 Å². The van der Waals surface area contributed by atoms with E-state index in [1.807, 2.05) is 0 Å². The van der Waals surface area contributed by atoms with Gasteiger partial charge in [-0.2, -0.15) is 0 Å². The fourth-order valence-electron chi connectivity index (χ4n) is 5.67. The molecule has 0 fully saturated rings. The van der Waals surface area contributed by atoms with Crippen molar-refractivity contribution in [1.29, 1.82) is 0 Å². The molecule has 4 rings (SSSR count). The van der Waals surface area contributed by atoms with Crippen LogP contribution >= 0.6 is 0 Å². The van der Waals surface area contributed by atoms with Crippen molar-refractivity contribution >= 4 is 18.4 Å². The van der Waals surface area contributed by atoms with Crippen molar-refractivity contribution in [3.63, 3.8) is 0 Å². The van der Waals surface area contributed by atoms with E-state index >= 15 is 0 Å². The van der Waals surface area contributed by atoms with E-state index in [2.05, 4.69) is 84.9 Å². The van der Waals surface area contributed by atoms with Crippen LogP contribution in [0.5, 0.6) is 0 Å². The predicted octanol–water partition coefficient (Wildman–Crippen LogP) is 7.72. The standard InChI is InChI=1S/2C12H13.C4H10Si.Hf/c2*1-8-6-11-9(2)4-5-10(3)12(11)7-8;1-2-3-4-5;/h2*4-7H,1-3H3;5H,2-4H2,1H3;. The van der Waals surface area contributed by atoms with Crippen molar-refractivity contribution in [1.82, 2.24) is 0 Å². The third-order valence-electron chi connectivity index (χ3n) is 7.28. The number of benzene rings is 2. The average molecular weight is 579 g/mol. The molecule has 0 radical (unpaired) electrons. The van der Waals surface area contributed by atoms with Gasteiger partial charge in [0, 0.05) is 0 Å². The number of fused-ring (bicyclic) bond motifs is 2. The summed E-state index contributed by atoms with van der Waals surface area (Å²) in [5, 5.41) is 0. The molecule has 2 aromatic rings. The summed E-state index contributed by atoms with van der Waals surface area (Å²) in [6, 6.07) is 10.9. The quantitative estimate of drug-likeness (QED) is 0.252. The maximum atomic E-state index is 2.56. The summed E-state index contributed by atoms with van der Waals surface area (Å²) < 4.78 is 1.58. The third kappa shape index (κ3) is 3.73. The first-order valence-electron chi connectivity index (χ1n) is 11.6. The Morgan fingerprint density at radius 1 is 0.700 bits per heavy atom.